The van der Waals surface area contributed by atoms with Gasteiger partial charge in [-0.05, 0) is 29.5 Å². The zero-order valence-electron chi connectivity index (χ0n) is 14.0. The molecular weight excluding hydrogens is 262 g/mol. The second-order valence-electron chi connectivity index (χ2n) is 6.54. The maximum Gasteiger partial charge on any atom is 0.119 e. The molecule has 21 heavy (non-hydrogen) atoms. The van der Waals surface area contributed by atoms with Crippen LogP contribution < -0.4 is 10.1 Å². The lowest BCUT2D eigenvalue weighted by molar-refractivity contribution is 0.166. The van der Waals surface area contributed by atoms with Crippen LogP contribution in [0.5, 0.6) is 5.75 Å². The SMILES string of the molecule is CCCCCC(C)(C)CNCC(O)c1cccc(OC)c1. The number of hydrogen-bond donors (Lipinski definition) is 2. The van der Waals surface area contributed by atoms with Crippen LogP contribution in [0.3, 0.4) is 0 Å². The van der Waals surface area contributed by atoms with Gasteiger partial charge in [0.15, 0.2) is 0 Å². The highest BCUT2D eigenvalue weighted by atomic mass is 16.5. The third-order valence-corrected chi connectivity index (χ3v) is 3.88. The molecule has 1 aromatic carbocycles. The lowest BCUT2D eigenvalue weighted by atomic mass is 9.87. The van der Waals surface area contributed by atoms with Crippen molar-refractivity contribution in [3.63, 3.8) is 0 Å². The van der Waals surface area contributed by atoms with Gasteiger partial charge in [-0.3, -0.25) is 0 Å². The highest BCUT2D eigenvalue weighted by Crippen LogP contribution is 2.23. The summed E-state index contributed by atoms with van der Waals surface area (Å²) in [4.78, 5) is 0. The molecule has 3 nitrogen and oxygen atoms in total. The van der Waals surface area contributed by atoms with Crippen LogP contribution in [0, 0.1) is 5.41 Å². The van der Waals surface area contributed by atoms with Gasteiger partial charge < -0.3 is 15.2 Å². The predicted molar refractivity (Wildman–Crippen MR) is 88.7 cm³/mol. The van der Waals surface area contributed by atoms with Crippen molar-refractivity contribution in [1.29, 1.82) is 0 Å². The van der Waals surface area contributed by atoms with E-state index < -0.39 is 6.10 Å². The largest absolute Gasteiger partial charge is 0.497 e. The summed E-state index contributed by atoms with van der Waals surface area (Å²) in [6, 6.07) is 7.62. The van der Waals surface area contributed by atoms with E-state index in [2.05, 4.69) is 26.1 Å². The molecule has 0 fully saturated rings. The maximum absolute atomic E-state index is 10.2. The molecular formula is C18H31NO2. The highest BCUT2D eigenvalue weighted by Gasteiger charge is 2.17. The monoisotopic (exact) mass is 293 g/mol. The summed E-state index contributed by atoms with van der Waals surface area (Å²) < 4.78 is 5.19. The fraction of sp³-hybridized carbons (Fsp3) is 0.667. The van der Waals surface area contributed by atoms with Crippen molar-refractivity contribution in [2.75, 3.05) is 20.2 Å². The molecule has 1 unspecified atom stereocenters. The Bertz CT molecular complexity index is 404. The van der Waals surface area contributed by atoms with Gasteiger partial charge in [0.25, 0.3) is 0 Å². The van der Waals surface area contributed by atoms with Crippen LogP contribution in [-0.2, 0) is 0 Å². The first-order chi connectivity index (χ1) is 9.98. The molecule has 120 valence electrons. The minimum atomic E-state index is -0.494. The van der Waals surface area contributed by atoms with E-state index in [1.807, 2.05) is 24.3 Å². The first kappa shape index (κ1) is 18.0. The molecule has 1 rings (SSSR count). The molecule has 0 aromatic heterocycles. The smallest absolute Gasteiger partial charge is 0.119 e. The molecule has 0 radical (unpaired) electrons. The van der Waals surface area contributed by atoms with Crippen molar-refractivity contribution >= 4 is 0 Å². The Morgan fingerprint density at radius 3 is 2.71 bits per heavy atom. The molecule has 0 amide bonds. The second-order valence-corrected chi connectivity index (χ2v) is 6.54. The first-order valence-corrected chi connectivity index (χ1v) is 8.01. The molecule has 1 atom stereocenters. The average molecular weight is 293 g/mol. The summed E-state index contributed by atoms with van der Waals surface area (Å²) in [5.41, 5.74) is 1.18. The highest BCUT2D eigenvalue weighted by molar-refractivity contribution is 5.29. The topological polar surface area (TPSA) is 41.5 Å². The maximum atomic E-state index is 10.2. The van der Waals surface area contributed by atoms with Gasteiger partial charge in [-0.2, -0.15) is 0 Å². The molecule has 0 heterocycles. The van der Waals surface area contributed by atoms with Crippen LogP contribution in [0.15, 0.2) is 24.3 Å². The summed E-state index contributed by atoms with van der Waals surface area (Å²) >= 11 is 0. The van der Waals surface area contributed by atoms with Crippen molar-refractivity contribution in [2.24, 2.45) is 5.41 Å². The minimum absolute atomic E-state index is 0.281. The van der Waals surface area contributed by atoms with E-state index in [4.69, 9.17) is 4.74 Å². The van der Waals surface area contributed by atoms with Crippen LogP contribution in [0.4, 0.5) is 0 Å². The average Bonchev–Trinajstić information content (AvgIpc) is 2.47. The van der Waals surface area contributed by atoms with E-state index in [1.165, 1.54) is 25.7 Å². The van der Waals surface area contributed by atoms with E-state index in [-0.39, 0.29) is 5.41 Å². The number of rotatable bonds is 10. The summed E-state index contributed by atoms with van der Waals surface area (Å²) in [5, 5.41) is 13.6. The number of benzene rings is 1. The van der Waals surface area contributed by atoms with Gasteiger partial charge >= 0.3 is 0 Å². The van der Waals surface area contributed by atoms with Gasteiger partial charge in [-0.25, -0.2) is 0 Å². The molecule has 0 aliphatic heterocycles. The summed E-state index contributed by atoms with van der Waals surface area (Å²) in [6.45, 7) is 8.30. The molecule has 0 saturated heterocycles. The summed E-state index contributed by atoms with van der Waals surface area (Å²) in [7, 11) is 1.64. The fourth-order valence-electron chi connectivity index (χ4n) is 2.46. The fourth-order valence-corrected chi connectivity index (χ4v) is 2.46. The minimum Gasteiger partial charge on any atom is -0.497 e. The predicted octanol–water partition coefficient (Wildman–Crippen LogP) is 3.92. The molecule has 0 spiro atoms. The molecule has 0 saturated carbocycles. The summed E-state index contributed by atoms with van der Waals surface area (Å²) in [5.74, 6) is 0.784. The van der Waals surface area contributed by atoms with Crippen molar-refractivity contribution in [2.45, 2.75) is 52.6 Å². The second kappa shape index (κ2) is 9.06. The Morgan fingerprint density at radius 2 is 2.05 bits per heavy atom. The van der Waals surface area contributed by atoms with Crippen molar-refractivity contribution < 1.29 is 9.84 Å². The van der Waals surface area contributed by atoms with E-state index in [0.717, 1.165) is 17.9 Å². The van der Waals surface area contributed by atoms with Gasteiger partial charge in [0, 0.05) is 13.1 Å². The quantitative estimate of drug-likeness (QED) is 0.642. The van der Waals surface area contributed by atoms with Gasteiger partial charge in [0.2, 0.25) is 0 Å². The Balaban J connectivity index is 2.36. The molecule has 0 aliphatic rings. The van der Waals surface area contributed by atoms with E-state index in [9.17, 15) is 5.11 Å². The third kappa shape index (κ3) is 6.96. The number of aliphatic hydroxyl groups is 1. The zero-order chi connectivity index (χ0) is 15.7. The lowest BCUT2D eigenvalue weighted by Gasteiger charge is -2.26. The number of methoxy groups -OCH3 is 1. The Labute approximate surface area is 129 Å². The van der Waals surface area contributed by atoms with Gasteiger partial charge in [0.05, 0.1) is 13.2 Å². The molecule has 2 N–H and O–H groups in total. The number of ether oxygens (including phenoxy) is 1. The molecule has 3 heteroatoms. The Kier molecular flexibility index (Phi) is 7.76. The van der Waals surface area contributed by atoms with Crippen molar-refractivity contribution in [3.05, 3.63) is 29.8 Å². The van der Waals surface area contributed by atoms with Crippen molar-refractivity contribution in [1.82, 2.24) is 5.32 Å². The van der Waals surface area contributed by atoms with Crippen LogP contribution in [0.25, 0.3) is 0 Å². The third-order valence-electron chi connectivity index (χ3n) is 3.88. The van der Waals surface area contributed by atoms with E-state index in [0.29, 0.717) is 6.54 Å². The van der Waals surface area contributed by atoms with Crippen LogP contribution >= 0.6 is 0 Å². The number of aliphatic hydroxyl groups excluding tert-OH is 1. The standard InChI is InChI=1S/C18H31NO2/c1-5-6-7-11-18(2,3)14-19-13-17(20)15-9-8-10-16(12-15)21-4/h8-10,12,17,19-20H,5-7,11,13-14H2,1-4H3. The number of nitrogens with one attached hydrogen (secondary N) is 1. The van der Waals surface area contributed by atoms with Gasteiger partial charge in [-0.15, -0.1) is 0 Å². The summed E-state index contributed by atoms with van der Waals surface area (Å²) in [6.07, 6.45) is 4.58. The van der Waals surface area contributed by atoms with Crippen LogP contribution in [0.2, 0.25) is 0 Å². The van der Waals surface area contributed by atoms with E-state index >= 15 is 0 Å². The molecule has 1 aromatic rings. The Hall–Kier alpha value is -1.06. The lowest BCUT2D eigenvalue weighted by Crippen LogP contribution is -2.32. The Morgan fingerprint density at radius 1 is 1.29 bits per heavy atom. The van der Waals surface area contributed by atoms with Crippen LogP contribution in [0.1, 0.15) is 58.1 Å². The van der Waals surface area contributed by atoms with Gasteiger partial charge in [-0.1, -0.05) is 52.2 Å². The van der Waals surface area contributed by atoms with E-state index in [1.54, 1.807) is 7.11 Å². The zero-order valence-corrected chi connectivity index (χ0v) is 14.0. The first-order valence-electron chi connectivity index (χ1n) is 8.01. The number of hydrogen-bond acceptors (Lipinski definition) is 3. The molecule has 0 aliphatic carbocycles. The normalized spacial score (nSPS) is 13.2. The number of unbranched alkanes of at least 4 members (excludes halogenated alkanes) is 2. The van der Waals surface area contributed by atoms with Gasteiger partial charge in [0.1, 0.15) is 5.75 Å². The van der Waals surface area contributed by atoms with Crippen molar-refractivity contribution in [3.8, 4) is 5.75 Å². The molecule has 0 bridgehead atoms. The van der Waals surface area contributed by atoms with Crippen LogP contribution in [-0.4, -0.2) is 25.3 Å².